The van der Waals surface area contributed by atoms with Gasteiger partial charge in [-0.1, -0.05) is 22.0 Å². The molecule has 158 valence electrons. The summed E-state index contributed by atoms with van der Waals surface area (Å²) in [4.78, 5) is 12.8. The maximum Gasteiger partial charge on any atom is 0.379 e. The zero-order valence-electron chi connectivity index (χ0n) is 16.7. The van der Waals surface area contributed by atoms with E-state index in [9.17, 15) is 10.1 Å². The highest BCUT2D eigenvalue weighted by atomic mass is 79.9. The fourth-order valence-corrected chi connectivity index (χ4v) is 4.13. The minimum Gasteiger partial charge on any atom is -0.468 e. The first-order valence-electron chi connectivity index (χ1n) is 9.62. The third kappa shape index (κ3) is 3.24. The van der Waals surface area contributed by atoms with Gasteiger partial charge in [-0.25, -0.2) is 4.79 Å². The Morgan fingerprint density at radius 3 is 2.81 bits per heavy atom. The van der Waals surface area contributed by atoms with Gasteiger partial charge < -0.3 is 24.0 Å². The minimum absolute atomic E-state index is 0.0245. The van der Waals surface area contributed by atoms with E-state index in [2.05, 4.69) is 22.0 Å². The van der Waals surface area contributed by atoms with Crippen LogP contribution in [0.1, 0.15) is 33.4 Å². The Balaban J connectivity index is 1.48. The van der Waals surface area contributed by atoms with Crippen LogP contribution in [0, 0.1) is 18.3 Å². The number of carbonyl (C=O) groups is 1. The lowest BCUT2D eigenvalue weighted by molar-refractivity contribution is 0.0702. The number of carbonyl (C=O) groups excluding carboxylic acids is 1. The van der Waals surface area contributed by atoms with Crippen LogP contribution in [0.15, 0.2) is 79.6 Å². The van der Waals surface area contributed by atoms with Crippen molar-refractivity contribution in [1.82, 2.24) is 0 Å². The second-order valence-corrected chi connectivity index (χ2v) is 8.14. The van der Waals surface area contributed by atoms with E-state index in [4.69, 9.17) is 24.0 Å². The van der Waals surface area contributed by atoms with Crippen molar-refractivity contribution in [2.24, 2.45) is 5.73 Å². The fourth-order valence-electron chi connectivity index (χ4n) is 3.79. The van der Waals surface area contributed by atoms with Gasteiger partial charge in [-0.05, 0) is 43.3 Å². The predicted octanol–water partition coefficient (Wildman–Crippen LogP) is 5.53. The second kappa shape index (κ2) is 7.62. The largest absolute Gasteiger partial charge is 0.468 e. The van der Waals surface area contributed by atoms with Crippen molar-refractivity contribution in [3.63, 3.8) is 0 Å². The molecule has 1 aliphatic heterocycles. The quantitative estimate of drug-likeness (QED) is 0.296. The summed E-state index contributed by atoms with van der Waals surface area (Å²) in [6, 6.07) is 16.0. The molecule has 2 aromatic heterocycles. The second-order valence-electron chi connectivity index (χ2n) is 7.23. The van der Waals surface area contributed by atoms with E-state index in [1.165, 1.54) is 6.26 Å². The molecule has 3 heterocycles. The molecule has 0 fully saturated rings. The molecule has 2 aromatic carbocycles. The zero-order valence-corrected chi connectivity index (χ0v) is 18.3. The first-order chi connectivity index (χ1) is 15.5. The summed E-state index contributed by atoms with van der Waals surface area (Å²) in [7, 11) is 0. The number of benzene rings is 2. The van der Waals surface area contributed by atoms with Crippen LogP contribution in [0.5, 0.6) is 11.5 Å². The number of nitrogens with two attached hydrogens (primary N) is 1. The maximum absolute atomic E-state index is 12.8. The van der Waals surface area contributed by atoms with Gasteiger partial charge in [0.05, 0.1) is 12.2 Å². The number of nitriles is 1. The Kier molecular flexibility index (Phi) is 4.76. The van der Waals surface area contributed by atoms with E-state index in [1.807, 2.05) is 12.1 Å². The average molecular weight is 491 g/mol. The molecule has 0 saturated carbocycles. The van der Waals surface area contributed by atoms with Crippen molar-refractivity contribution in [3.05, 3.63) is 93.4 Å². The van der Waals surface area contributed by atoms with Crippen molar-refractivity contribution >= 4 is 32.9 Å². The van der Waals surface area contributed by atoms with Crippen molar-refractivity contribution in [1.29, 1.82) is 5.26 Å². The van der Waals surface area contributed by atoms with Gasteiger partial charge in [0.1, 0.15) is 34.5 Å². The number of rotatable bonds is 3. The Hall–Kier alpha value is -3.96. The molecule has 7 nitrogen and oxygen atoms in total. The molecule has 32 heavy (non-hydrogen) atoms. The summed E-state index contributed by atoms with van der Waals surface area (Å²) >= 11 is 3.39. The molecular formula is C24H15BrN2O5. The molecule has 0 radical (unpaired) electrons. The molecule has 1 unspecified atom stereocenters. The molecule has 1 atom stereocenters. The van der Waals surface area contributed by atoms with E-state index in [0.717, 1.165) is 9.86 Å². The van der Waals surface area contributed by atoms with Crippen LogP contribution in [-0.2, 0) is 0 Å². The third-order valence-electron chi connectivity index (χ3n) is 5.31. The number of nitrogens with zero attached hydrogens (tertiary/aromatic N) is 1. The van der Waals surface area contributed by atoms with Gasteiger partial charge in [0.2, 0.25) is 11.6 Å². The highest BCUT2D eigenvalue weighted by Crippen LogP contribution is 2.43. The fraction of sp³-hybridized carbons (Fsp3) is 0.0833. The lowest BCUT2D eigenvalue weighted by atomic mass is 9.87. The highest BCUT2D eigenvalue weighted by Gasteiger charge is 2.33. The number of halogens is 1. The molecule has 4 aromatic rings. The van der Waals surface area contributed by atoms with Gasteiger partial charge in [-0.15, -0.1) is 0 Å². The number of aryl methyl sites for hydroxylation is 1. The molecule has 1 aliphatic rings. The summed E-state index contributed by atoms with van der Waals surface area (Å²) in [5.41, 5.74) is 8.19. The van der Waals surface area contributed by atoms with E-state index in [-0.39, 0.29) is 23.0 Å². The van der Waals surface area contributed by atoms with Gasteiger partial charge in [0.15, 0.2) is 0 Å². The molecule has 0 bridgehead atoms. The Morgan fingerprint density at radius 1 is 1.22 bits per heavy atom. The Morgan fingerprint density at radius 2 is 2.06 bits per heavy atom. The zero-order chi connectivity index (χ0) is 22.4. The molecule has 0 aliphatic carbocycles. The number of hydrogen-bond donors (Lipinski definition) is 1. The number of furan rings is 2. The lowest BCUT2D eigenvalue weighted by Gasteiger charge is -2.25. The summed E-state index contributed by atoms with van der Waals surface area (Å²) in [6.45, 7) is 1.80. The Bertz CT molecular complexity index is 1440. The van der Waals surface area contributed by atoms with Gasteiger partial charge in [0.25, 0.3) is 0 Å². The first kappa shape index (κ1) is 20.0. The van der Waals surface area contributed by atoms with Crippen LogP contribution in [0.25, 0.3) is 11.0 Å². The summed E-state index contributed by atoms with van der Waals surface area (Å²) in [6.07, 6.45) is 1.53. The van der Waals surface area contributed by atoms with Crippen molar-refractivity contribution in [2.75, 3.05) is 0 Å². The molecule has 0 saturated heterocycles. The van der Waals surface area contributed by atoms with Crippen LogP contribution in [-0.4, -0.2) is 5.97 Å². The number of esters is 1. The monoisotopic (exact) mass is 490 g/mol. The number of fused-ring (bicyclic) bond motifs is 2. The Labute approximate surface area is 190 Å². The molecule has 5 rings (SSSR count). The van der Waals surface area contributed by atoms with Crippen LogP contribution < -0.4 is 15.2 Å². The normalized spacial score (nSPS) is 15.2. The van der Waals surface area contributed by atoms with Crippen molar-refractivity contribution < 1.29 is 23.1 Å². The summed E-state index contributed by atoms with van der Waals surface area (Å²) in [5, 5.41) is 10.4. The summed E-state index contributed by atoms with van der Waals surface area (Å²) < 4.78 is 23.3. The smallest absolute Gasteiger partial charge is 0.379 e. The molecule has 8 heteroatoms. The van der Waals surface area contributed by atoms with Crippen LogP contribution in [0.3, 0.4) is 0 Å². The van der Waals surface area contributed by atoms with E-state index < -0.39 is 11.9 Å². The number of allylic oxidation sites excluding steroid dienone is 1. The molecule has 0 amide bonds. The molecule has 2 N–H and O–H groups in total. The SMILES string of the molecule is Cc1c(C(=O)Oc2ccc3c(c2)OC(N)=C(C#N)C3c2ccco2)oc2cc(Br)ccc12. The van der Waals surface area contributed by atoms with E-state index in [1.54, 1.807) is 43.3 Å². The third-order valence-corrected chi connectivity index (χ3v) is 5.81. The summed E-state index contributed by atoms with van der Waals surface area (Å²) in [5.74, 6) is 0.136. The van der Waals surface area contributed by atoms with Crippen molar-refractivity contribution in [3.8, 4) is 17.6 Å². The molecular weight excluding hydrogens is 476 g/mol. The van der Waals surface area contributed by atoms with Crippen LogP contribution in [0.2, 0.25) is 0 Å². The van der Waals surface area contributed by atoms with Gasteiger partial charge in [-0.2, -0.15) is 5.26 Å². The van der Waals surface area contributed by atoms with Gasteiger partial charge in [0, 0.05) is 27.1 Å². The van der Waals surface area contributed by atoms with Crippen molar-refractivity contribution in [2.45, 2.75) is 12.8 Å². The number of hydrogen-bond acceptors (Lipinski definition) is 7. The number of ether oxygens (including phenoxy) is 2. The predicted molar refractivity (Wildman–Crippen MR) is 118 cm³/mol. The maximum atomic E-state index is 12.8. The average Bonchev–Trinajstić information content (AvgIpc) is 3.40. The first-order valence-corrected chi connectivity index (χ1v) is 10.4. The van der Waals surface area contributed by atoms with Gasteiger partial charge >= 0.3 is 5.97 Å². The highest BCUT2D eigenvalue weighted by molar-refractivity contribution is 9.10. The lowest BCUT2D eigenvalue weighted by Crippen LogP contribution is -2.21. The van der Waals surface area contributed by atoms with Crippen LogP contribution in [0.4, 0.5) is 0 Å². The molecule has 0 spiro atoms. The topological polar surface area (TPSA) is 112 Å². The van der Waals surface area contributed by atoms with Crippen LogP contribution >= 0.6 is 15.9 Å². The van der Waals surface area contributed by atoms with E-state index in [0.29, 0.717) is 28.2 Å². The minimum atomic E-state index is -0.630. The standard InChI is InChI=1S/C24H15BrN2O5/c1-12-15-6-4-13(25)9-19(15)31-22(12)24(28)30-14-5-7-16-20(10-14)32-23(27)17(11-26)21(16)18-3-2-8-29-18/h2-10,21H,27H2,1H3. The van der Waals surface area contributed by atoms with E-state index >= 15 is 0 Å². The van der Waals surface area contributed by atoms with Gasteiger partial charge in [-0.3, -0.25) is 0 Å².